The number of carbonyl (C=O) groups excluding carboxylic acids is 1. The number of aromatic nitrogens is 4. The highest BCUT2D eigenvalue weighted by Gasteiger charge is 2.20. The van der Waals surface area contributed by atoms with Gasteiger partial charge in [-0.05, 0) is 39.8 Å². The summed E-state index contributed by atoms with van der Waals surface area (Å²) in [7, 11) is 0. The van der Waals surface area contributed by atoms with E-state index < -0.39 is 0 Å². The molecule has 1 N–H and O–H groups in total. The molecule has 2 heterocycles. The molecule has 0 radical (unpaired) electrons. The molecular weight excluding hydrogens is 430 g/mol. The highest BCUT2D eigenvalue weighted by Crippen LogP contribution is 2.29. The van der Waals surface area contributed by atoms with E-state index in [0.717, 1.165) is 10.6 Å². The highest BCUT2D eigenvalue weighted by atomic mass is 35.5. The lowest BCUT2D eigenvalue weighted by molar-refractivity contribution is -0.113. The third-order valence-corrected chi connectivity index (χ3v) is 6.44. The number of hydrogen-bond acceptors (Lipinski definition) is 7. The summed E-state index contributed by atoms with van der Waals surface area (Å²) in [6.07, 6.45) is -0.341. The van der Waals surface area contributed by atoms with E-state index >= 15 is 0 Å². The molecule has 0 spiro atoms. The maximum Gasteiger partial charge on any atom is 0.236 e. The molecule has 0 aliphatic rings. The number of benzene rings is 1. The number of thioether (sulfide) groups is 1. The zero-order valence-corrected chi connectivity index (χ0v) is 19.0. The number of halogens is 1. The molecule has 3 rings (SSSR count). The van der Waals surface area contributed by atoms with Crippen LogP contribution in [0.5, 0.6) is 5.75 Å². The van der Waals surface area contributed by atoms with Crippen molar-refractivity contribution in [3.8, 4) is 5.75 Å². The average Bonchev–Trinajstić information content (AvgIpc) is 3.24. The number of thiazole rings is 1. The van der Waals surface area contributed by atoms with Crippen molar-refractivity contribution in [2.24, 2.45) is 0 Å². The van der Waals surface area contributed by atoms with E-state index in [1.807, 2.05) is 50.5 Å². The predicted molar refractivity (Wildman–Crippen MR) is 117 cm³/mol. The van der Waals surface area contributed by atoms with Gasteiger partial charge in [-0.3, -0.25) is 4.79 Å². The monoisotopic (exact) mass is 451 g/mol. The lowest BCUT2D eigenvalue weighted by Gasteiger charge is -2.16. The smallest absolute Gasteiger partial charge is 0.236 e. The quantitative estimate of drug-likeness (QED) is 0.491. The molecule has 0 saturated heterocycles. The van der Waals surface area contributed by atoms with Crippen molar-refractivity contribution in [3.05, 3.63) is 45.7 Å². The first kappa shape index (κ1) is 21.6. The fourth-order valence-electron chi connectivity index (χ4n) is 2.60. The van der Waals surface area contributed by atoms with Crippen LogP contribution in [-0.2, 0) is 11.3 Å². The van der Waals surface area contributed by atoms with Gasteiger partial charge in [-0.1, -0.05) is 35.5 Å². The summed E-state index contributed by atoms with van der Waals surface area (Å²) >= 11 is 8.98. The molecule has 0 bridgehead atoms. The third kappa shape index (κ3) is 5.29. The summed E-state index contributed by atoms with van der Waals surface area (Å²) in [5.74, 6) is 1.36. The summed E-state index contributed by atoms with van der Waals surface area (Å²) in [4.78, 5) is 17.7. The first-order valence-electron chi connectivity index (χ1n) is 9.10. The van der Waals surface area contributed by atoms with Crippen LogP contribution in [0.4, 0.5) is 5.13 Å². The minimum Gasteiger partial charge on any atom is -0.481 e. The second-order valence-corrected chi connectivity index (χ2v) is 8.83. The van der Waals surface area contributed by atoms with E-state index in [2.05, 4.69) is 20.5 Å². The van der Waals surface area contributed by atoms with Crippen LogP contribution in [0.2, 0.25) is 5.02 Å². The van der Waals surface area contributed by atoms with Crippen molar-refractivity contribution >= 4 is 45.7 Å². The second-order valence-electron chi connectivity index (χ2n) is 6.27. The molecule has 1 aromatic carbocycles. The topological polar surface area (TPSA) is 81.9 Å². The van der Waals surface area contributed by atoms with Crippen LogP contribution >= 0.6 is 34.7 Å². The molecule has 0 aliphatic carbocycles. The standard InChI is InChI=1S/C19H22ClN5O2S2/c1-5-25-17(12(3)27-15-9-7-6-8-14(15)20)23-24-19(25)28-10-16(26)22-18-21-11(2)13(4)29-18/h6-9,12H,5,10H2,1-4H3,(H,21,22,26). The Hall–Kier alpha value is -2.10. The maximum atomic E-state index is 12.3. The van der Waals surface area contributed by atoms with E-state index in [-0.39, 0.29) is 17.8 Å². The van der Waals surface area contributed by atoms with Gasteiger partial charge in [0.25, 0.3) is 0 Å². The first-order valence-corrected chi connectivity index (χ1v) is 11.3. The van der Waals surface area contributed by atoms with E-state index in [0.29, 0.717) is 33.4 Å². The Morgan fingerprint density at radius 3 is 2.76 bits per heavy atom. The molecule has 2 aromatic heterocycles. The molecule has 0 fully saturated rings. The van der Waals surface area contributed by atoms with Gasteiger partial charge in [0.05, 0.1) is 16.5 Å². The second kappa shape index (κ2) is 9.60. The molecule has 3 aromatic rings. The normalized spacial score (nSPS) is 12.0. The molecule has 0 aliphatic heterocycles. The molecule has 1 unspecified atom stereocenters. The van der Waals surface area contributed by atoms with Crippen molar-refractivity contribution in [3.63, 3.8) is 0 Å². The number of carbonyl (C=O) groups is 1. The summed E-state index contributed by atoms with van der Waals surface area (Å²) in [5, 5.41) is 13.2. The van der Waals surface area contributed by atoms with Crippen LogP contribution in [0, 0.1) is 13.8 Å². The fraction of sp³-hybridized carbons (Fsp3) is 0.368. The van der Waals surface area contributed by atoms with Gasteiger partial charge in [0.1, 0.15) is 5.75 Å². The van der Waals surface area contributed by atoms with Crippen molar-refractivity contribution < 1.29 is 9.53 Å². The summed E-state index contributed by atoms with van der Waals surface area (Å²) in [6.45, 7) is 8.46. The van der Waals surface area contributed by atoms with Gasteiger partial charge in [-0.25, -0.2) is 4.98 Å². The van der Waals surface area contributed by atoms with Crippen LogP contribution in [0.15, 0.2) is 29.4 Å². The van der Waals surface area contributed by atoms with Gasteiger partial charge in [-0.2, -0.15) is 0 Å². The molecule has 0 saturated carbocycles. The zero-order chi connectivity index (χ0) is 21.0. The average molecular weight is 452 g/mol. The van der Waals surface area contributed by atoms with Crippen LogP contribution in [0.1, 0.15) is 36.3 Å². The summed E-state index contributed by atoms with van der Waals surface area (Å²) in [6, 6.07) is 7.30. The number of aryl methyl sites for hydroxylation is 2. The number of nitrogens with one attached hydrogen (secondary N) is 1. The highest BCUT2D eigenvalue weighted by molar-refractivity contribution is 7.99. The van der Waals surface area contributed by atoms with Crippen molar-refractivity contribution in [2.75, 3.05) is 11.1 Å². The summed E-state index contributed by atoms with van der Waals surface area (Å²) in [5.41, 5.74) is 0.931. The Bertz CT molecular complexity index is 985. The van der Waals surface area contributed by atoms with E-state index in [1.165, 1.54) is 23.1 Å². The summed E-state index contributed by atoms with van der Waals surface area (Å²) < 4.78 is 7.90. The molecule has 29 heavy (non-hydrogen) atoms. The number of para-hydroxylation sites is 1. The number of rotatable bonds is 8. The molecule has 7 nitrogen and oxygen atoms in total. The van der Waals surface area contributed by atoms with Crippen LogP contribution < -0.4 is 10.1 Å². The minimum absolute atomic E-state index is 0.128. The largest absolute Gasteiger partial charge is 0.481 e. The van der Waals surface area contributed by atoms with Crippen LogP contribution in [0.3, 0.4) is 0 Å². The molecule has 1 atom stereocenters. The van der Waals surface area contributed by atoms with E-state index in [1.54, 1.807) is 6.07 Å². The molecular formula is C19H22ClN5O2S2. The fourth-order valence-corrected chi connectivity index (χ4v) is 4.42. The SMILES string of the molecule is CCn1c(SCC(=O)Nc2nc(C)c(C)s2)nnc1C(C)Oc1ccccc1Cl. The molecule has 1 amide bonds. The molecule has 10 heteroatoms. The Morgan fingerprint density at radius 2 is 2.10 bits per heavy atom. The number of nitrogens with zero attached hydrogens (tertiary/aromatic N) is 4. The maximum absolute atomic E-state index is 12.3. The number of amides is 1. The van der Waals surface area contributed by atoms with Crippen LogP contribution in [-0.4, -0.2) is 31.4 Å². The Labute approximate surface area is 182 Å². The van der Waals surface area contributed by atoms with E-state index in [9.17, 15) is 4.79 Å². The van der Waals surface area contributed by atoms with Crippen LogP contribution in [0.25, 0.3) is 0 Å². The van der Waals surface area contributed by atoms with Crippen molar-refractivity contribution in [1.29, 1.82) is 0 Å². The van der Waals surface area contributed by atoms with Gasteiger partial charge in [0.2, 0.25) is 5.91 Å². The van der Waals surface area contributed by atoms with Gasteiger partial charge >= 0.3 is 0 Å². The number of anilines is 1. The Kier molecular flexibility index (Phi) is 7.15. The lowest BCUT2D eigenvalue weighted by Crippen LogP contribution is -2.15. The number of hydrogen-bond donors (Lipinski definition) is 1. The number of ether oxygens (including phenoxy) is 1. The predicted octanol–water partition coefficient (Wildman–Crippen LogP) is 4.90. The van der Waals surface area contributed by atoms with Gasteiger partial charge in [0.15, 0.2) is 22.2 Å². The van der Waals surface area contributed by atoms with Gasteiger partial charge in [0, 0.05) is 11.4 Å². The first-order chi connectivity index (χ1) is 13.9. The van der Waals surface area contributed by atoms with Gasteiger partial charge < -0.3 is 14.6 Å². The minimum atomic E-state index is -0.341. The van der Waals surface area contributed by atoms with E-state index in [4.69, 9.17) is 16.3 Å². The third-order valence-electron chi connectivity index (χ3n) is 4.17. The zero-order valence-electron chi connectivity index (χ0n) is 16.6. The van der Waals surface area contributed by atoms with Crippen molar-refractivity contribution in [1.82, 2.24) is 19.7 Å². The van der Waals surface area contributed by atoms with Crippen molar-refractivity contribution in [2.45, 2.75) is 45.5 Å². The molecule has 154 valence electrons. The Morgan fingerprint density at radius 1 is 1.34 bits per heavy atom. The Balaban J connectivity index is 1.64. The van der Waals surface area contributed by atoms with Gasteiger partial charge in [-0.15, -0.1) is 21.5 Å². The lowest BCUT2D eigenvalue weighted by atomic mass is 10.3.